The van der Waals surface area contributed by atoms with Crippen LogP contribution in [0.25, 0.3) is 10.9 Å². The number of hydrogen-bond donors (Lipinski definition) is 0. The van der Waals surface area contributed by atoms with E-state index in [-0.39, 0.29) is 5.91 Å². The topological polar surface area (TPSA) is 45.7 Å². The molecule has 0 radical (unpaired) electrons. The van der Waals surface area contributed by atoms with E-state index in [9.17, 15) is 4.79 Å². The summed E-state index contributed by atoms with van der Waals surface area (Å²) >= 11 is 0. The van der Waals surface area contributed by atoms with Gasteiger partial charge < -0.3 is 14.5 Å². The van der Waals surface area contributed by atoms with Gasteiger partial charge in [0.05, 0.1) is 5.52 Å². The first-order valence-electron chi connectivity index (χ1n) is 9.72. The summed E-state index contributed by atoms with van der Waals surface area (Å²) < 4.78 is 6.01. The van der Waals surface area contributed by atoms with Crippen molar-refractivity contribution in [3.05, 3.63) is 60.8 Å². The maximum atomic E-state index is 11.6. The van der Waals surface area contributed by atoms with E-state index in [2.05, 4.69) is 22.0 Å². The maximum absolute atomic E-state index is 11.6. The second kappa shape index (κ2) is 7.89. The molecule has 1 aliphatic heterocycles. The molecule has 1 aromatic heterocycles. The number of anilines is 1. The van der Waals surface area contributed by atoms with Crippen molar-refractivity contribution in [2.45, 2.75) is 25.8 Å². The number of para-hydroxylation sites is 1. The molecule has 4 rings (SSSR count). The van der Waals surface area contributed by atoms with Gasteiger partial charge in [-0.3, -0.25) is 9.78 Å². The highest BCUT2D eigenvalue weighted by atomic mass is 16.5. The summed E-state index contributed by atoms with van der Waals surface area (Å²) in [6, 6.07) is 18.2. The lowest BCUT2D eigenvalue weighted by Crippen LogP contribution is -2.45. The molecule has 1 aliphatic rings. The van der Waals surface area contributed by atoms with E-state index in [4.69, 9.17) is 4.74 Å². The molecule has 0 N–H and O–H groups in total. The number of amides is 1. The van der Waals surface area contributed by atoms with Crippen molar-refractivity contribution in [1.82, 2.24) is 9.88 Å². The molecule has 3 aromatic rings. The van der Waals surface area contributed by atoms with Crippen LogP contribution in [0, 0.1) is 0 Å². The zero-order valence-electron chi connectivity index (χ0n) is 16.3. The Morgan fingerprint density at radius 3 is 2.54 bits per heavy atom. The van der Waals surface area contributed by atoms with Crippen LogP contribution in [0.5, 0.6) is 11.5 Å². The number of piperidine rings is 1. The van der Waals surface area contributed by atoms with Crippen molar-refractivity contribution in [3.8, 4) is 11.5 Å². The van der Waals surface area contributed by atoms with Crippen molar-refractivity contribution in [1.29, 1.82) is 0 Å². The number of nitrogens with zero attached hydrogens (tertiary/aromatic N) is 3. The van der Waals surface area contributed by atoms with Gasteiger partial charge in [0.15, 0.2) is 0 Å². The minimum Gasteiger partial charge on any atom is -0.457 e. The summed E-state index contributed by atoms with van der Waals surface area (Å²) in [6.07, 6.45) is 3.81. The number of carbonyl (C=O) groups excluding carboxylic acids is 1. The van der Waals surface area contributed by atoms with Gasteiger partial charge in [-0.2, -0.15) is 0 Å². The van der Waals surface area contributed by atoms with Gasteiger partial charge in [0.1, 0.15) is 11.5 Å². The Bertz CT molecular complexity index is 966. The van der Waals surface area contributed by atoms with Gasteiger partial charge in [-0.1, -0.05) is 18.2 Å². The van der Waals surface area contributed by atoms with Crippen LogP contribution in [0.1, 0.15) is 19.8 Å². The van der Waals surface area contributed by atoms with Crippen LogP contribution >= 0.6 is 0 Å². The Morgan fingerprint density at radius 2 is 1.82 bits per heavy atom. The molecule has 28 heavy (non-hydrogen) atoms. The van der Waals surface area contributed by atoms with Crippen molar-refractivity contribution < 1.29 is 9.53 Å². The highest BCUT2D eigenvalue weighted by Crippen LogP contribution is 2.32. The van der Waals surface area contributed by atoms with Gasteiger partial charge in [-0.25, -0.2) is 0 Å². The summed E-state index contributed by atoms with van der Waals surface area (Å²) in [6.45, 7) is 3.48. The first-order valence-corrected chi connectivity index (χ1v) is 9.72. The highest BCUT2D eigenvalue weighted by molar-refractivity contribution is 5.92. The molecule has 5 nitrogen and oxygen atoms in total. The number of ether oxygens (including phenoxy) is 1. The molecule has 1 saturated heterocycles. The summed E-state index contributed by atoms with van der Waals surface area (Å²) in [5.41, 5.74) is 2.13. The number of fused-ring (bicyclic) bond motifs is 1. The van der Waals surface area contributed by atoms with Crippen LogP contribution in [-0.4, -0.2) is 42.0 Å². The molecule has 5 heteroatoms. The summed E-state index contributed by atoms with van der Waals surface area (Å²) in [4.78, 5) is 20.4. The van der Waals surface area contributed by atoms with Gasteiger partial charge in [-0.05, 0) is 49.2 Å². The summed E-state index contributed by atoms with van der Waals surface area (Å²) in [7, 11) is 1.90. The van der Waals surface area contributed by atoms with Crippen molar-refractivity contribution in [2.75, 3.05) is 25.0 Å². The smallest absolute Gasteiger partial charge is 0.219 e. The lowest BCUT2D eigenvalue weighted by atomic mass is 10.0. The van der Waals surface area contributed by atoms with Gasteiger partial charge in [0.25, 0.3) is 0 Å². The third-order valence-electron chi connectivity index (χ3n) is 5.52. The van der Waals surface area contributed by atoms with E-state index < -0.39 is 0 Å². The van der Waals surface area contributed by atoms with Crippen molar-refractivity contribution in [2.24, 2.45) is 0 Å². The standard InChI is InChI=1S/C23H25N3O2/c1-17(27)25(2)18-11-14-26(15-12-18)23-10-13-24-22-9-8-20(16-21(22)23)28-19-6-4-3-5-7-19/h3-10,13,16,18H,11-12,14-15H2,1-2H3. The SMILES string of the molecule is CC(=O)N(C)C1CCN(c2ccnc3ccc(Oc4ccccc4)cc23)CC1. The number of benzene rings is 2. The maximum Gasteiger partial charge on any atom is 0.219 e. The number of rotatable bonds is 4. The van der Waals surface area contributed by atoms with Gasteiger partial charge in [-0.15, -0.1) is 0 Å². The lowest BCUT2D eigenvalue weighted by molar-refractivity contribution is -0.129. The molecular weight excluding hydrogens is 350 g/mol. The molecule has 0 unspecified atom stereocenters. The van der Waals surface area contributed by atoms with Gasteiger partial charge >= 0.3 is 0 Å². The Hall–Kier alpha value is -3.08. The normalized spacial score (nSPS) is 14.9. The quantitative estimate of drug-likeness (QED) is 0.675. The Labute approximate surface area is 165 Å². The molecule has 0 saturated carbocycles. The molecule has 2 aromatic carbocycles. The Morgan fingerprint density at radius 1 is 1.07 bits per heavy atom. The van der Waals surface area contributed by atoms with Gasteiger partial charge in [0, 0.05) is 50.4 Å². The molecule has 1 amide bonds. The first kappa shape index (κ1) is 18.3. The van der Waals surface area contributed by atoms with Crippen LogP contribution < -0.4 is 9.64 Å². The predicted octanol–water partition coefficient (Wildman–Crippen LogP) is 4.47. The second-order valence-electron chi connectivity index (χ2n) is 7.27. The molecule has 0 atom stereocenters. The number of carbonyl (C=O) groups is 1. The monoisotopic (exact) mass is 375 g/mol. The van der Waals surface area contributed by atoms with Crippen LogP contribution in [0.2, 0.25) is 0 Å². The van der Waals surface area contributed by atoms with Crippen molar-refractivity contribution in [3.63, 3.8) is 0 Å². The molecule has 1 fully saturated rings. The minimum atomic E-state index is 0.135. The summed E-state index contributed by atoms with van der Waals surface area (Å²) in [5, 5.41) is 1.09. The van der Waals surface area contributed by atoms with Crippen LogP contribution in [-0.2, 0) is 4.79 Å². The van der Waals surface area contributed by atoms with E-state index in [0.29, 0.717) is 6.04 Å². The third kappa shape index (κ3) is 3.79. The zero-order chi connectivity index (χ0) is 19.5. The molecule has 0 aliphatic carbocycles. The fraction of sp³-hybridized carbons (Fsp3) is 0.304. The average molecular weight is 375 g/mol. The molecule has 0 bridgehead atoms. The zero-order valence-corrected chi connectivity index (χ0v) is 16.3. The van der Waals surface area contributed by atoms with Gasteiger partial charge in [0.2, 0.25) is 5.91 Å². The van der Waals surface area contributed by atoms with E-state index >= 15 is 0 Å². The second-order valence-corrected chi connectivity index (χ2v) is 7.27. The molecular formula is C23H25N3O2. The Balaban J connectivity index is 1.57. The predicted molar refractivity (Wildman–Crippen MR) is 112 cm³/mol. The van der Waals surface area contributed by atoms with E-state index in [1.807, 2.05) is 60.6 Å². The Kier molecular flexibility index (Phi) is 5.15. The molecule has 2 heterocycles. The number of hydrogen-bond acceptors (Lipinski definition) is 4. The lowest BCUT2D eigenvalue weighted by Gasteiger charge is -2.37. The minimum absolute atomic E-state index is 0.135. The number of pyridine rings is 1. The van der Waals surface area contributed by atoms with Crippen molar-refractivity contribution >= 4 is 22.5 Å². The van der Waals surface area contributed by atoms with Crippen LogP contribution in [0.3, 0.4) is 0 Å². The van der Waals surface area contributed by atoms with E-state index in [1.165, 1.54) is 5.69 Å². The average Bonchev–Trinajstić information content (AvgIpc) is 2.73. The summed E-state index contributed by atoms with van der Waals surface area (Å²) in [5.74, 6) is 1.76. The van der Waals surface area contributed by atoms with Crippen LogP contribution in [0.15, 0.2) is 60.8 Å². The van der Waals surface area contributed by atoms with Crippen LogP contribution in [0.4, 0.5) is 5.69 Å². The molecule has 0 spiro atoms. The fourth-order valence-corrected chi connectivity index (χ4v) is 3.83. The largest absolute Gasteiger partial charge is 0.457 e. The third-order valence-corrected chi connectivity index (χ3v) is 5.52. The fourth-order valence-electron chi connectivity index (χ4n) is 3.83. The number of aromatic nitrogens is 1. The first-order chi connectivity index (χ1) is 13.6. The van der Waals surface area contributed by atoms with E-state index in [0.717, 1.165) is 48.3 Å². The molecule has 144 valence electrons. The highest BCUT2D eigenvalue weighted by Gasteiger charge is 2.24. The van der Waals surface area contributed by atoms with E-state index in [1.54, 1.807) is 6.92 Å².